The molecule has 0 spiro atoms. The number of amides is 2. The van der Waals surface area contributed by atoms with Crippen molar-refractivity contribution in [3.8, 4) is 0 Å². The van der Waals surface area contributed by atoms with Gasteiger partial charge in [0.1, 0.15) is 0 Å². The Bertz CT molecular complexity index is 857. The van der Waals surface area contributed by atoms with E-state index in [1.807, 2.05) is 30.3 Å². The highest BCUT2D eigenvalue weighted by Gasteiger charge is 2.43. The Hall–Kier alpha value is -2.66. The highest BCUT2D eigenvalue weighted by Crippen LogP contribution is 2.28. The van der Waals surface area contributed by atoms with Crippen molar-refractivity contribution in [3.05, 3.63) is 59.7 Å². The number of anilines is 2. The van der Waals surface area contributed by atoms with E-state index in [4.69, 9.17) is 0 Å². The summed E-state index contributed by atoms with van der Waals surface area (Å²) >= 11 is 0. The van der Waals surface area contributed by atoms with E-state index in [-0.39, 0.29) is 24.3 Å². The summed E-state index contributed by atoms with van der Waals surface area (Å²) in [6, 6.07) is 15.4. The normalized spacial score (nSPS) is 21.2. The molecule has 0 radical (unpaired) electrons. The van der Waals surface area contributed by atoms with Gasteiger partial charge in [-0.3, -0.25) is 14.5 Å². The van der Waals surface area contributed by atoms with Gasteiger partial charge in [0.2, 0.25) is 5.91 Å². The van der Waals surface area contributed by atoms with E-state index in [1.165, 1.54) is 21.7 Å². The minimum atomic E-state index is -0.335. The van der Waals surface area contributed by atoms with Crippen molar-refractivity contribution in [1.82, 2.24) is 4.90 Å². The van der Waals surface area contributed by atoms with Gasteiger partial charge in [0.25, 0.3) is 5.91 Å². The van der Waals surface area contributed by atoms with Crippen LogP contribution in [0.3, 0.4) is 0 Å². The number of imide groups is 1. The van der Waals surface area contributed by atoms with Gasteiger partial charge in [-0.25, -0.2) is 4.90 Å². The molecule has 2 aromatic rings. The smallest absolute Gasteiger partial charge is 0.251 e. The fourth-order valence-corrected chi connectivity index (χ4v) is 4.08. The van der Waals surface area contributed by atoms with E-state index in [9.17, 15) is 9.59 Å². The Balaban J connectivity index is 1.45. The fraction of sp³-hybridized carbons (Fsp3) is 0.364. The summed E-state index contributed by atoms with van der Waals surface area (Å²) in [5.41, 5.74) is 4.47. The third-order valence-electron chi connectivity index (χ3n) is 5.60. The summed E-state index contributed by atoms with van der Waals surface area (Å²) in [4.78, 5) is 31.3. The molecule has 0 N–H and O–H groups in total. The molecule has 2 amide bonds. The molecule has 1 unspecified atom stereocenters. The lowest BCUT2D eigenvalue weighted by molar-refractivity contribution is -0.123. The van der Waals surface area contributed by atoms with Crippen molar-refractivity contribution < 1.29 is 9.59 Å². The molecule has 4 rings (SSSR count). The molecule has 2 aromatic carbocycles. The van der Waals surface area contributed by atoms with Crippen LogP contribution in [-0.4, -0.2) is 48.9 Å². The van der Waals surface area contributed by atoms with Crippen LogP contribution in [0.1, 0.15) is 17.5 Å². The summed E-state index contributed by atoms with van der Waals surface area (Å²) in [6.45, 7) is 7.57. The van der Waals surface area contributed by atoms with Crippen LogP contribution in [0.25, 0.3) is 0 Å². The van der Waals surface area contributed by atoms with E-state index in [0.29, 0.717) is 5.69 Å². The predicted octanol–water partition coefficient (Wildman–Crippen LogP) is 2.76. The molecule has 1 atom stereocenters. The third-order valence-corrected chi connectivity index (χ3v) is 5.60. The van der Waals surface area contributed by atoms with Crippen LogP contribution >= 0.6 is 0 Å². The Morgan fingerprint density at radius 2 is 1.59 bits per heavy atom. The van der Waals surface area contributed by atoms with Crippen molar-refractivity contribution in [3.63, 3.8) is 0 Å². The molecule has 27 heavy (non-hydrogen) atoms. The zero-order chi connectivity index (χ0) is 19.0. The van der Waals surface area contributed by atoms with Crippen molar-refractivity contribution in [2.45, 2.75) is 26.3 Å². The number of benzene rings is 2. The Kier molecular flexibility index (Phi) is 4.70. The van der Waals surface area contributed by atoms with Crippen molar-refractivity contribution >= 4 is 23.2 Å². The van der Waals surface area contributed by atoms with Crippen LogP contribution in [-0.2, 0) is 9.59 Å². The SMILES string of the molecule is Cc1ccc(C)c(N2CCN(C3CC(=O)N(c4ccccc4)C3=O)CC2)c1. The fourth-order valence-electron chi connectivity index (χ4n) is 4.08. The van der Waals surface area contributed by atoms with Gasteiger partial charge in [0.15, 0.2) is 0 Å². The van der Waals surface area contributed by atoms with Crippen LogP contribution in [0.4, 0.5) is 11.4 Å². The Labute approximate surface area is 160 Å². The maximum Gasteiger partial charge on any atom is 0.251 e. The first kappa shape index (κ1) is 17.7. The van der Waals surface area contributed by atoms with E-state index >= 15 is 0 Å². The first-order valence-electron chi connectivity index (χ1n) is 9.52. The molecule has 2 aliphatic rings. The molecule has 2 heterocycles. The predicted molar refractivity (Wildman–Crippen MR) is 107 cm³/mol. The molecule has 140 valence electrons. The third kappa shape index (κ3) is 3.35. The first-order chi connectivity index (χ1) is 13.0. The van der Waals surface area contributed by atoms with Crippen LogP contribution < -0.4 is 9.80 Å². The number of nitrogens with zero attached hydrogens (tertiary/aromatic N) is 3. The average molecular weight is 363 g/mol. The summed E-state index contributed by atoms with van der Waals surface area (Å²) in [5, 5.41) is 0. The van der Waals surface area contributed by atoms with Crippen molar-refractivity contribution in [1.29, 1.82) is 0 Å². The summed E-state index contributed by atoms with van der Waals surface area (Å²) in [7, 11) is 0. The number of carbonyl (C=O) groups is 2. The number of hydrogen-bond donors (Lipinski definition) is 0. The zero-order valence-corrected chi connectivity index (χ0v) is 15.9. The second-order valence-electron chi connectivity index (χ2n) is 7.44. The van der Waals surface area contributed by atoms with E-state index in [1.54, 1.807) is 0 Å². The van der Waals surface area contributed by atoms with Gasteiger partial charge in [0.05, 0.1) is 18.2 Å². The number of hydrogen-bond acceptors (Lipinski definition) is 4. The first-order valence-corrected chi connectivity index (χ1v) is 9.52. The highest BCUT2D eigenvalue weighted by atomic mass is 16.2. The Morgan fingerprint density at radius 3 is 2.30 bits per heavy atom. The maximum atomic E-state index is 12.9. The van der Waals surface area contributed by atoms with Gasteiger partial charge in [0, 0.05) is 31.9 Å². The van der Waals surface area contributed by atoms with Crippen LogP contribution in [0, 0.1) is 13.8 Å². The van der Waals surface area contributed by atoms with Crippen molar-refractivity contribution in [2.24, 2.45) is 0 Å². The molecular formula is C22H25N3O2. The second-order valence-corrected chi connectivity index (χ2v) is 7.44. The van der Waals surface area contributed by atoms with E-state index in [0.717, 1.165) is 26.2 Å². The lowest BCUT2D eigenvalue weighted by Crippen LogP contribution is -2.52. The molecule has 0 bridgehead atoms. The molecule has 0 aromatic heterocycles. The molecule has 2 aliphatic heterocycles. The molecule has 2 fully saturated rings. The molecule has 0 saturated carbocycles. The number of para-hydroxylation sites is 1. The minimum absolute atomic E-state index is 0.0913. The lowest BCUT2D eigenvalue weighted by atomic mass is 10.1. The molecule has 5 heteroatoms. The largest absolute Gasteiger partial charge is 0.369 e. The lowest BCUT2D eigenvalue weighted by Gasteiger charge is -2.38. The zero-order valence-electron chi connectivity index (χ0n) is 15.9. The number of rotatable bonds is 3. The summed E-state index contributed by atoms with van der Waals surface area (Å²) < 4.78 is 0. The summed E-state index contributed by atoms with van der Waals surface area (Å²) in [6.07, 6.45) is 0.275. The number of piperazine rings is 1. The van der Waals surface area contributed by atoms with E-state index < -0.39 is 0 Å². The van der Waals surface area contributed by atoms with Gasteiger partial charge in [-0.15, -0.1) is 0 Å². The van der Waals surface area contributed by atoms with Gasteiger partial charge in [-0.2, -0.15) is 0 Å². The van der Waals surface area contributed by atoms with Crippen LogP contribution in [0.2, 0.25) is 0 Å². The van der Waals surface area contributed by atoms with Crippen LogP contribution in [0.15, 0.2) is 48.5 Å². The number of aryl methyl sites for hydroxylation is 2. The topological polar surface area (TPSA) is 43.9 Å². The molecule has 0 aliphatic carbocycles. The molecular weight excluding hydrogens is 338 g/mol. The number of carbonyl (C=O) groups excluding carboxylic acids is 2. The van der Waals surface area contributed by atoms with Gasteiger partial charge < -0.3 is 4.90 Å². The monoisotopic (exact) mass is 363 g/mol. The van der Waals surface area contributed by atoms with Gasteiger partial charge in [-0.05, 0) is 43.2 Å². The van der Waals surface area contributed by atoms with Gasteiger partial charge in [-0.1, -0.05) is 30.3 Å². The molecule has 5 nitrogen and oxygen atoms in total. The maximum absolute atomic E-state index is 12.9. The Morgan fingerprint density at radius 1 is 0.889 bits per heavy atom. The quantitative estimate of drug-likeness (QED) is 0.787. The summed E-state index contributed by atoms with van der Waals surface area (Å²) in [5.74, 6) is -0.195. The van der Waals surface area contributed by atoms with Crippen molar-refractivity contribution in [2.75, 3.05) is 36.0 Å². The highest BCUT2D eigenvalue weighted by molar-refractivity contribution is 6.22. The van der Waals surface area contributed by atoms with E-state index in [2.05, 4.69) is 41.8 Å². The average Bonchev–Trinajstić information content (AvgIpc) is 2.99. The molecule has 2 saturated heterocycles. The minimum Gasteiger partial charge on any atom is -0.369 e. The van der Waals surface area contributed by atoms with Gasteiger partial charge >= 0.3 is 0 Å². The van der Waals surface area contributed by atoms with Crippen LogP contribution in [0.5, 0.6) is 0 Å². The standard InChI is InChI=1S/C22H25N3O2/c1-16-8-9-17(2)19(14-16)23-10-12-24(13-11-23)20-15-21(26)25(22(20)27)18-6-4-3-5-7-18/h3-9,14,20H,10-13,15H2,1-2H3. The second kappa shape index (κ2) is 7.16.